The van der Waals surface area contributed by atoms with Crippen LogP contribution in [0.5, 0.6) is 0 Å². The van der Waals surface area contributed by atoms with Crippen molar-refractivity contribution in [2.45, 2.75) is 18.2 Å². The maximum absolute atomic E-state index is 11.6. The summed E-state index contributed by atoms with van der Waals surface area (Å²) in [7, 11) is 0. The van der Waals surface area contributed by atoms with E-state index in [2.05, 4.69) is 17.6 Å². The lowest BCUT2D eigenvalue weighted by Gasteiger charge is -2.17. The molecule has 0 atom stereocenters. The van der Waals surface area contributed by atoms with Crippen LogP contribution < -0.4 is 10.6 Å². The van der Waals surface area contributed by atoms with Gasteiger partial charge in [0.1, 0.15) is 0 Å². The molecule has 0 aromatic heterocycles. The number of thioether (sulfide) groups is 1. The summed E-state index contributed by atoms with van der Waals surface area (Å²) in [6, 6.07) is 19.1. The largest absolute Gasteiger partial charge is 0.478 e. The summed E-state index contributed by atoms with van der Waals surface area (Å²) in [4.78, 5) is 24.2. The molecule has 3 rings (SSSR count). The number of anilines is 4. The Hall–Kier alpha value is -3.45. The third kappa shape index (κ3) is 5.12. The molecule has 30 heavy (non-hydrogen) atoms. The average molecular weight is 423 g/mol. The van der Waals surface area contributed by atoms with Crippen molar-refractivity contribution < 1.29 is 19.8 Å². The lowest BCUT2D eigenvalue weighted by molar-refractivity contribution is 0.0687. The second-order valence-electron chi connectivity index (χ2n) is 6.51. The van der Waals surface area contributed by atoms with Crippen LogP contribution in [0.4, 0.5) is 22.7 Å². The van der Waals surface area contributed by atoms with E-state index in [0.717, 1.165) is 17.1 Å². The monoisotopic (exact) mass is 422 g/mol. The molecule has 4 N–H and O–H groups in total. The first kappa shape index (κ1) is 21.3. The summed E-state index contributed by atoms with van der Waals surface area (Å²) in [5.74, 6) is -1.10. The van der Waals surface area contributed by atoms with E-state index in [1.807, 2.05) is 18.2 Å². The van der Waals surface area contributed by atoms with E-state index in [4.69, 9.17) is 0 Å². The quantitative estimate of drug-likeness (QED) is 0.311. The number of hydrogen-bond donors (Lipinski definition) is 4. The Labute approximate surface area is 179 Å². The molecule has 7 heteroatoms. The fourth-order valence-corrected chi connectivity index (χ4v) is 3.70. The molecule has 3 aromatic rings. The van der Waals surface area contributed by atoms with Gasteiger partial charge in [-0.3, -0.25) is 0 Å². The molecule has 0 bridgehead atoms. The van der Waals surface area contributed by atoms with Crippen molar-refractivity contribution in [2.75, 3.05) is 16.4 Å². The predicted molar refractivity (Wildman–Crippen MR) is 121 cm³/mol. The number of para-hydroxylation sites is 2. The molecule has 0 radical (unpaired) electrons. The van der Waals surface area contributed by atoms with Crippen LogP contribution in [0.1, 0.15) is 34.1 Å². The van der Waals surface area contributed by atoms with Crippen LogP contribution in [0.3, 0.4) is 0 Å². The van der Waals surface area contributed by atoms with Gasteiger partial charge >= 0.3 is 11.9 Å². The van der Waals surface area contributed by atoms with Crippen molar-refractivity contribution in [2.24, 2.45) is 0 Å². The van der Waals surface area contributed by atoms with Gasteiger partial charge in [0.2, 0.25) is 0 Å². The van der Waals surface area contributed by atoms with Gasteiger partial charge in [-0.15, -0.1) is 11.8 Å². The lowest BCUT2D eigenvalue weighted by Crippen LogP contribution is -2.06. The minimum absolute atomic E-state index is 0.152. The van der Waals surface area contributed by atoms with E-state index < -0.39 is 11.9 Å². The molecule has 6 nitrogen and oxygen atoms in total. The van der Waals surface area contributed by atoms with Crippen LogP contribution in [-0.2, 0) is 0 Å². The van der Waals surface area contributed by atoms with Gasteiger partial charge in [-0.1, -0.05) is 31.2 Å². The number of aromatic carboxylic acids is 2. The summed E-state index contributed by atoms with van der Waals surface area (Å²) in [5.41, 5.74) is 2.51. The first-order chi connectivity index (χ1) is 14.5. The summed E-state index contributed by atoms with van der Waals surface area (Å²) in [6.45, 7) is 2.11. The number of carboxylic acids is 2. The number of benzene rings is 3. The van der Waals surface area contributed by atoms with Crippen molar-refractivity contribution in [1.29, 1.82) is 0 Å². The molecule has 3 aromatic carbocycles. The maximum Gasteiger partial charge on any atom is 0.337 e. The highest BCUT2D eigenvalue weighted by Crippen LogP contribution is 2.34. The molecule has 0 aliphatic rings. The highest BCUT2D eigenvalue weighted by Gasteiger charge is 2.14. The fraction of sp³-hybridized carbons (Fsp3) is 0.130. The van der Waals surface area contributed by atoms with Gasteiger partial charge < -0.3 is 20.8 Å². The third-order valence-electron chi connectivity index (χ3n) is 4.32. The molecule has 0 amide bonds. The van der Waals surface area contributed by atoms with Gasteiger partial charge in [0.25, 0.3) is 0 Å². The topological polar surface area (TPSA) is 98.7 Å². The second kappa shape index (κ2) is 9.84. The molecule has 0 fully saturated rings. The summed E-state index contributed by atoms with van der Waals surface area (Å²) >= 11 is 1.70. The maximum atomic E-state index is 11.6. The van der Waals surface area contributed by atoms with Gasteiger partial charge in [-0.2, -0.15) is 0 Å². The fourth-order valence-electron chi connectivity index (χ4n) is 2.89. The molecule has 0 saturated carbocycles. The summed E-state index contributed by atoms with van der Waals surface area (Å²) < 4.78 is 0. The Balaban J connectivity index is 2.02. The highest BCUT2D eigenvalue weighted by molar-refractivity contribution is 7.99. The predicted octanol–water partition coefficient (Wildman–Crippen LogP) is 6.07. The minimum Gasteiger partial charge on any atom is -0.478 e. The first-order valence-electron chi connectivity index (χ1n) is 9.45. The zero-order valence-corrected chi connectivity index (χ0v) is 17.2. The highest BCUT2D eigenvalue weighted by atomic mass is 32.2. The minimum atomic E-state index is -1.03. The van der Waals surface area contributed by atoms with Crippen molar-refractivity contribution in [3.05, 3.63) is 77.9 Å². The normalized spacial score (nSPS) is 10.4. The Kier molecular flexibility index (Phi) is 6.98. The van der Waals surface area contributed by atoms with E-state index >= 15 is 0 Å². The first-order valence-corrected chi connectivity index (χ1v) is 10.4. The van der Waals surface area contributed by atoms with Crippen LogP contribution >= 0.6 is 11.8 Å². The number of rotatable bonds is 9. The number of hydrogen-bond acceptors (Lipinski definition) is 5. The van der Waals surface area contributed by atoms with Crippen molar-refractivity contribution in [3.63, 3.8) is 0 Å². The van der Waals surface area contributed by atoms with E-state index in [1.165, 1.54) is 12.1 Å². The number of nitrogens with one attached hydrogen (secondary N) is 2. The molecule has 0 spiro atoms. The molecule has 0 aliphatic carbocycles. The summed E-state index contributed by atoms with van der Waals surface area (Å²) in [6.07, 6.45) is 1.03. The van der Waals surface area contributed by atoms with Gasteiger partial charge in [0, 0.05) is 4.90 Å². The Morgan fingerprint density at radius 2 is 1.30 bits per heavy atom. The second-order valence-corrected chi connectivity index (χ2v) is 7.68. The Morgan fingerprint density at radius 1 is 0.767 bits per heavy atom. The van der Waals surface area contributed by atoms with Crippen LogP contribution in [0.25, 0.3) is 0 Å². The zero-order chi connectivity index (χ0) is 21.5. The van der Waals surface area contributed by atoms with Gasteiger partial charge in [0.05, 0.1) is 33.9 Å². The van der Waals surface area contributed by atoms with Gasteiger partial charge in [-0.05, 0) is 54.6 Å². The third-order valence-corrected chi connectivity index (χ3v) is 5.52. The Bertz CT molecular complexity index is 1070. The van der Waals surface area contributed by atoms with Gasteiger partial charge in [0.15, 0.2) is 0 Å². The van der Waals surface area contributed by atoms with Crippen LogP contribution in [-0.4, -0.2) is 27.9 Å². The van der Waals surface area contributed by atoms with Crippen molar-refractivity contribution in [3.8, 4) is 0 Å². The van der Waals surface area contributed by atoms with E-state index in [0.29, 0.717) is 22.7 Å². The molecular weight excluding hydrogens is 400 g/mol. The van der Waals surface area contributed by atoms with E-state index in [-0.39, 0.29) is 11.1 Å². The molecule has 0 heterocycles. The van der Waals surface area contributed by atoms with Crippen molar-refractivity contribution >= 4 is 46.5 Å². The molecule has 0 aliphatic heterocycles. The van der Waals surface area contributed by atoms with Crippen LogP contribution in [0, 0.1) is 0 Å². The zero-order valence-electron chi connectivity index (χ0n) is 16.4. The van der Waals surface area contributed by atoms with Crippen LogP contribution in [0.2, 0.25) is 0 Å². The summed E-state index contributed by atoms with van der Waals surface area (Å²) in [5, 5.41) is 25.3. The SMILES string of the molecule is CCCSc1ccc(Nc2ccccc2C(=O)O)c(Nc2ccccc2C(=O)O)c1. The molecular formula is C23H22N2O4S. The average Bonchev–Trinajstić information content (AvgIpc) is 2.74. The molecule has 0 unspecified atom stereocenters. The number of carbonyl (C=O) groups is 2. The van der Waals surface area contributed by atoms with E-state index in [9.17, 15) is 19.8 Å². The Morgan fingerprint density at radius 3 is 1.83 bits per heavy atom. The number of carboxylic acid groups (broad SMARTS) is 2. The molecule has 0 saturated heterocycles. The van der Waals surface area contributed by atoms with Crippen molar-refractivity contribution in [1.82, 2.24) is 0 Å². The smallest absolute Gasteiger partial charge is 0.337 e. The lowest BCUT2D eigenvalue weighted by atomic mass is 10.1. The standard InChI is InChI=1S/C23H22N2O4S/c1-2-13-30-15-11-12-20(24-18-9-5-3-7-16(18)22(26)27)21(14-15)25-19-10-6-4-8-17(19)23(28)29/h3-12,14,24-25H,2,13H2,1H3,(H,26,27)(H,28,29). The van der Waals surface area contributed by atoms with E-state index in [1.54, 1.807) is 48.2 Å². The molecule has 154 valence electrons. The van der Waals surface area contributed by atoms with Gasteiger partial charge in [-0.25, -0.2) is 9.59 Å². The van der Waals surface area contributed by atoms with Crippen LogP contribution in [0.15, 0.2) is 71.6 Å².